The molecule has 9 heteroatoms. The van der Waals surface area contributed by atoms with Crippen molar-refractivity contribution in [3.63, 3.8) is 0 Å². The summed E-state index contributed by atoms with van der Waals surface area (Å²) in [6.07, 6.45) is 1.68. The van der Waals surface area contributed by atoms with Gasteiger partial charge >= 0.3 is 5.69 Å². The van der Waals surface area contributed by atoms with Crippen molar-refractivity contribution in [2.75, 3.05) is 13.2 Å². The second-order valence-corrected chi connectivity index (χ2v) is 8.61. The summed E-state index contributed by atoms with van der Waals surface area (Å²) in [7, 11) is 0. The molecule has 0 aliphatic carbocycles. The summed E-state index contributed by atoms with van der Waals surface area (Å²) in [5, 5.41) is 7.30. The van der Waals surface area contributed by atoms with Gasteiger partial charge in [-0.15, -0.1) is 0 Å². The topological polar surface area (TPSA) is 95.2 Å². The van der Waals surface area contributed by atoms with Crippen LogP contribution in [0.3, 0.4) is 0 Å². The first-order valence-electron chi connectivity index (χ1n) is 10.8. The number of aryl methyl sites for hydroxylation is 2. The number of nitrogens with one attached hydrogen (secondary N) is 1. The first-order valence-corrected chi connectivity index (χ1v) is 11.2. The molecule has 1 saturated heterocycles. The summed E-state index contributed by atoms with van der Waals surface area (Å²) >= 11 is 6.25. The minimum atomic E-state index is -0.750. The van der Waals surface area contributed by atoms with E-state index in [0.29, 0.717) is 17.3 Å². The van der Waals surface area contributed by atoms with Crippen molar-refractivity contribution < 1.29 is 9.53 Å². The highest BCUT2D eigenvalue weighted by Crippen LogP contribution is 2.18. The predicted octanol–water partition coefficient (Wildman–Crippen LogP) is 2.62. The molecule has 1 aromatic heterocycles. The Bertz CT molecular complexity index is 1290. The summed E-state index contributed by atoms with van der Waals surface area (Å²) < 4.78 is 7.59. The zero-order valence-corrected chi connectivity index (χ0v) is 19.3. The van der Waals surface area contributed by atoms with E-state index >= 15 is 0 Å². The quantitative estimate of drug-likeness (QED) is 0.600. The number of halogens is 1. The average Bonchev–Trinajstić information content (AvgIpc) is 3.32. The fraction of sp³-hybridized carbons (Fsp3) is 0.333. The molecule has 1 atom stereocenters. The van der Waals surface area contributed by atoms with E-state index in [-0.39, 0.29) is 24.9 Å². The molecule has 1 unspecified atom stereocenters. The van der Waals surface area contributed by atoms with Gasteiger partial charge in [-0.1, -0.05) is 47.5 Å². The Kier molecular flexibility index (Phi) is 6.76. The van der Waals surface area contributed by atoms with Crippen LogP contribution in [0.15, 0.2) is 52.1 Å². The van der Waals surface area contributed by atoms with Crippen LogP contribution >= 0.6 is 11.6 Å². The molecule has 1 fully saturated rings. The molecule has 0 saturated carbocycles. The van der Waals surface area contributed by atoms with Gasteiger partial charge in [0.15, 0.2) is 0 Å². The van der Waals surface area contributed by atoms with Crippen molar-refractivity contribution >= 4 is 17.5 Å². The van der Waals surface area contributed by atoms with Gasteiger partial charge in [0.1, 0.15) is 0 Å². The Morgan fingerprint density at radius 2 is 1.94 bits per heavy atom. The zero-order valence-electron chi connectivity index (χ0n) is 18.5. The molecule has 1 amide bonds. The summed E-state index contributed by atoms with van der Waals surface area (Å²) in [5.74, 6) is -0.653. The number of aromatic nitrogens is 3. The number of carbonyl (C=O) groups is 1. The smallest absolute Gasteiger partial charge is 0.352 e. The molecule has 1 aliphatic heterocycles. The molecule has 0 radical (unpaired) electrons. The van der Waals surface area contributed by atoms with Gasteiger partial charge in [-0.2, -0.15) is 9.78 Å². The molecule has 8 nitrogen and oxygen atoms in total. The lowest BCUT2D eigenvalue weighted by Gasteiger charge is -2.14. The van der Waals surface area contributed by atoms with E-state index in [2.05, 4.69) is 10.4 Å². The number of nitrogens with zero attached hydrogens (tertiary/aromatic N) is 3. The van der Waals surface area contributed by atoms with Crippen LogP contribution in [0.2, 0.25) is 5.02 Å². The summed E-state index contributed by atoms with van der Waals surface area (Å²) in [5.41, 5.74) is 1.23. The number of hydrogen-bond donors (Lipinski definition) is 1. The van der Waals surface area contributed by atoms with Crippen molar-refractivity contribution in [1.29, 1.82) is 0 Å². The maximum atomic E-state index is 13.3. The zero-order chi connectivity index (χ0) is 23.5. The van der Waals surface area contributed by atoms with E-state index in [1.165, 1.54) is 0 Å². The van der Waals surface area contributed by atoms with Crippen LogP contribution in [0.4, 0.5) is 0 Å². The summed E-state index contributed by atoms with van der Waals surface area (Å²) in [4.78, 5) is 39.3. The van der Waals surface area contributed by atoms with Gasteiger partial charge in [0, 0.05) is 18.2 Å². The Balaban J connectivity index is 1.78. The molecule has 1 aliphatic rings. The van der Waals surface area contributed by atoms with Gasteiger partial charge < -0.3 is 10.1 Å². The van der Waals surface area contributed by atoms with Crippen molar-refractivity contribution in [3.05, 3.63) is 90.7 Å². The van der Waals surface area contributed by atoms with Crippen LogP contribution in [0, 0.1) is 13.8 Å². The first kappa shape index (κ1) is 22.9. The Morgan fingerprint density at radius 3 is 2.61 bits per heavy atom. The molecule has 1 N–H and O–H groups in total. The van der Waals surface area contributed by atoms with E-state index in [1.54, 1.807) is 18.2 Å². The van der Waals surface area contributed by atoms with Crippen LogP contribution in [-0.4, -0.2) is 39.5 Å². The third-order valence-electron chi connectivity index (χ3n) is 5.65. The van der Waals surface area contributed by atoms with Crippen LogP contribution in [0.5, 0.6) is 0 Å². The van der Waals surface area contributed by atoms with Crippen LogP contribution in [0.25, 0.3) is 5.69 Å². The van der Waals surface area contributed by atoms with Gasteiger partial charge in [-0.05, 0) is 49.9 Å². The normalized spacial score (nSPS) is 15.5. The summed E-state index contributed by atoms with van der Waals surface area (Å²) in [6.45, 7) is 4.72. The molecule has 3 aromatic rings. The van der Waals surface area contributed by atoms with Crippen molar-refractivity contribution in [2.45, 2.75) is 39.3 Å². The average molecular weight is 469 g/mol. The Labute approximate surface area is 195 Å². The van der Waals surface area contributed by atoms with Crippen LogP contribution < -0.4 is 16.6 Å². The van der Waals surface area contributed by atoms with E-state index in [0.717, 1.165) is 38.8 Å². The highest BCUT2D eigenvalue weighted by molar-refractivity contribution is 6.31. The third kappa shape index (κ3) is 5.07. The number of hydrogen-bond acceptors (Lipinski definition) is 5. The first-order chi connectivity index (χ1) is 15.8. The van der Waals surface area contributed by atoms with Gasteiger partial charge in [0.05, 0.1) is 18.3 Å². The highest BCUT2D eigenvalue weighted by atomic mass is 35.5. The number of carbonyl (C=O) groups excluding carboxylic acids is 1. The fourth-order valence-electron chi connectivity index (χ4n) is 3.65. The predicted molar refractivity (Wildman–Crippen MR) is 125 cm³/mol. The fourth-order valence-corrected chi connectivity index (χ4v) is 3.82. The number of rotatable bonds is 6. The van der Waals surface area contributed by atoms with Crippen LogP contribution in [-0.2, 0) is 11.3 Å². The maximum absolute atomic E-state index is 13.3. The number of amides is 1. The standard InChI is InChI=1S/C24H25ClN4O4/c1-15-5-8-17(9-6-15)14-28-23(31)21(22(30)26-13-19-4-3-11-33-19)27-29(24(28)32)18-10-7-16(2)20(25)12-18/h5-10,12,19H,3-4,11,13-14H2,1-2H3,(H,26,30). The third-order valence-corrected chi connectivity index (χ3v) is 6.06. The molecule has 172 valence electrons. The minimum Gasteiger partial charge on any atom is -0.376 e. The van der Waals surface area contributed by atoms with E-state index in [1.807, 2.05) is 38.1 Å². The molecular formula is C24H25ClN4O4. The van der Waals surface area contributed by atoms with Crippen molar-refractivity contribution in [3.8, 4) is 5.69 Å². The lowest BCUT2D eigenvalue weighted by molar-refractivity contribution is 0.0849. The lowest BCUT2D eigenvalue weighted by atomic mass is 10.1. The minimum absolute atomic E-state index is 0.00603. The Morgan fingerprint density at radius 1 is 1.18 bits per heavy atom. The van der Waals surface area contributed by atoms with Crippen molar-refractivity contribution in [2.24, 2.45) is 0 Å². The largest absolute Gasteiger partial charge is 0.376 e. The van der Waals surface area contributed by atoms with Gasteiger partial charge in [0.2, 0.25) is 5.69 Å². The molecular weight excluding hydrogens is 444 g/mol. The van der Waals surface area contributed by atoms with E-state index < -0.39 is 17.2 Å². The molecule has 0 spiro atoms. The van der Waals surface area contributed by atoms with Crippen molar-refractivity contribution in [1.82, 2.24) is 19.7 Å². The van der Waals surface area contributed by atoms with Gasteiger partial charge in [-0.25, -0.2) is 4.79 Å². The molecule has 2 heterocycles. The molecule has 2 aromatic carbocycles. The molecule has 4 rings (SSSR count). The molecule has 33 heavy (non-hydrogen) atoms. The second kappa shape index (κ2) is 9.72. The molecule has 0 bridgehead atoms. The summed E-state index contributed by atoms with van der Waals surface area (Å²) in [6, 6.07) is 12.5. The lowest BCUT2D eigenvalue weighted by Crippen LogP contribution is -2.46. The number of benzene rings is 2. The Hall–Kier alpha value is -3.23. The SMILES string of the molecule is Cc1ccc(Cn2c(=O)c(C(=O)NCC3CCCO3)nn(-c3ccc(C)c(Cl)c3)c2=O)cc1. The van der Waals surface area contributed by atoms with E-state index in [9.17, 15) is 14.4 Å². The number of ether oxygens (including phenoxy) is 1. The second-order valence-electron chi connectivity index (χ2n) is 8.20. The highest BCUT2D eigenvalue weighted by Gasteiger charge is 2.23. The maximum Gasteiger partial charge on any atom is 0.352 e. The van der Waals surface area contributed by atoms with Gasteiger partial charge in [0.25, 0.3) is 11.5 Å². The van der Waals surface area contributed by atoms with Crippen LogP contribution in [0.1, 0.15) is 40.0 Å². The van der Waals surface area contributed by atoms with E-state index in [4.69, 9.17) is 16.3 Å². The van der Waals surface area contributed by atoms with Gasteiger partial charge in [-0.3, -0.25) is 14.2 Å². The monoisotopic (exact) mass is 468 g/mol.